The molecule has 2 aromatic heterocycles. The zero-order valence-corrected chi connectivity index (χ0v) is 16.1. The highest BCUT2D eigenvalue weighted by Gasteiger charge is 2.18. The third-order valence-electron chi connectivity index (χ3n) is 4.53. The number of hydrogen-bond donors (Lipinski definition) is 0. The van der Waals surface area contributed by atoms with E-state index in [1.54, 1.807) is 12.1 Å². The summed E-state index contributed by atoms with van der Waals surface area (Å²) in [5.41, 5.74) is 0.459. The molecule has 0 saturated carbocycles. The predicted molar refractivity (Wildman–Crippen MR) is 105 cm³/mol. The number of methoxy groups -OCH3 is 2. The maximum atomic E-state index is 13.2. The zero-order chi connectivity index (χ0) is 21.3. The fourth-order valence-electron chi connectivity index (χ4n) is 2.99. The van der Waals surface area contributed by atoms with Crippen LogP contribution in [0.15, 0.2) is 53.5 Å². The summed E-state index contributed by atoms with van der Waals surface area (Å²) in [5, 5.41) is 12.2. The first-order valence-corrected chi connectivity index (χ1v) is 8.84. The standard InChI is InChI=1S/C20H16FN5O4/c1-29-14-7-8-18(30-2)15(9-14)17(27)11-25-20(28)16-10-22-26(19(16)23-24-25)13-5-3-12(21)4-6-13/h3-10H,11H2,1-2H3. The Morgan fingerprint density at radius 3 is 2.57 bits per heavy atom. The Labute approximate surface area is 169 Å². The molecule has 30 heavy (non-hydrogen) atoms. The number of ketones is 1. The number of fused-ring (bicyclic) bond motifs is 1. The minimum Gasteiger partial charge on any atom is -0.497 e. The highest BCUT2D eigenvalue weighted by Crippen LogP contribution is 2.24. The number of rotatable bonds is 6. The molecule has 9 nitrogen and oxygen atoms in total. The first-order chi connectivity index (χ1) is 14.5. The maximum absolute atomic E-state index is 13.2. The Morgan fingerprint density at radius 2 is 1.87 bits per heavy atom. The zero-order valence-electron chi connectivity index (χ0n) is 16.1. The maximum Gasteiger partial charge on any atom is 0.281 e. The second kappa shape index (κ2) is 7.74. The van der Waals surface area contributed by atoms with E-state index >= 15 is 0 Å². The van der Waals surface area contributed by atoms with Gasteiger partial charge in [0.1, 0.15) is 29.2 Å². The van der Waals surface area contributed by atoms with Crippen molar-refractivity contribution in [2.24, 2.45) is 0 Å². The highest BCUT2D eigenvalue weighted by molar-refractivity contribution is 5.99. The van der Waals surface area contributed by atoms with Crippen LogP contribution in [0.2, 0.25) is 0 Å². The number of halogens is 1. The van der Waals surface area contributed by atoms with E-state index < -0.39 is 17.2 Å². The summed E-state index contributed by atoms with van der Waals surface area (Å²) in [5.74, 6) is 0.0446. The van der Waals surface area contributed by atoms with E-state index in [0.29, 0.717) is 17.2 Å². The molecule has 0 aliphatic carbocycles. The largest absolute Gasteiger partial charge is 0.497 e. The molecule has 4 rings (SSSR count). The Hall–Kier alpha value is -4.08. The molecule has 2 aromatic carbocycles. The minimum atomic E-state index is -0.524. The first kappa shape index (κ1) is 19.2. The van der Waals surface area contributed by atoms with Gasteiger partial charge in [-0.2, -0.15) is 5.10 Å². The lowest BCUT2D eigenvalue weighted by Crippen LogP contribution is -2.28. The van der Waals surface area contributed by atoms with Crippen LogP contribution in [0.5, 0.6) is 11.5 Å². The molecular weight excluding hydrogens is 393 g/mol. The molecule has 0 radical (unpaired) electrons. The third kappa shape index (κ3) is 3.39. The monoisotopic (exact) mass is 409 g/mol. The second-order valence-corrected chi connectivity index (χ2v) is 6.31. The molecule has 0 spiro atoms. The summed E-state index contributed by atoms with van der Waals surface area (Å²) in [7, 11) is 2.93. The molecule has 0 aliphatic heterocycles. The average molecular weight is 409 g/mol. The third-order valence-corrected chi connectivity index (χ3v) is 4.53. The lowest BCUT2D eigenvalue weighted by Gasteiger charge is -2.10. The van der Waals surface area contributed by atoms with Crippen LogP contribution in [0, 0.1) is 5.82 Å². The van der Waals surface area contributed by atoms with E-state index in [9.17, 15) is 14.0 Å². The van der Waals surface area contributed by atoms with Crippen molar-refractivity contribution in [1.29, 1.82) is 0 Å². The predicted octanol–water partition coefficient (Wildman–Crippen LogP) is 2.02. The number of carbonyl (C=O) groups is 1. The molecule has 10 heteroatoms. The summed E-state index contributed by atoms with van der Waals surface area (Å²) in [6.45, 7) is -0.340. The van der Waals surface area contributed by atoms with E-state index in [2.05, 4.69) is 15.4 Å². The van der Waals surface area contributed by atoms with Gasteiger partial charge in [0.05, 0.1) is 31.7 Å². The summed E-state index contributed by atoms with van der Waals surface area (Å²) < 4.78 is 25.9. The van der Waals surface area contributed by atoms with Gasteiger partial charge in [0.25, 0.3) is 5.56 Å². The molecule has 0 N–H and O–H groups in total. The molecule has 0 unspecified atom stereocenters. The van der Waals surface area contributed by atoms with Gasteiger partial charge in [-0.1, -0.05) is 5.21 Å². The Bertz CT molecular complexity index is 1300. The Balaban J connectivity index is 1.69. The summed E-state index contributed by atoms with van der Waals surface area (Å²) in [6.07, 6.45) is 1.34. The first-order valence-electron chi connectivity index (χ1n) is 8.84. The van der Waals surface area contributed by atoms with Crippen molar-refractivity contribution >= 4 is 16.8 Å². The van der Waals surface area contributed by atoms with E-state index in [0.717, 1.165) is 4.68 Å². The fraction of sp³-hybridized carbons (Fsp3) is 0.150. The Kier molecular flexibility index (Phi) is 4.97. The molecule has 0 fully saturated rings. The van der Waals surface area contributed by atoms with E-state index in [1.807, 2.05) is 0 Å². The topological polar surface area (TPSA) is 101 Å². The second-order valence-electron chi connectivity index (χ2n) is 6.31. The van der Waals surface area contributed by atoms with Crippen LogP contribution in [0.4, 0.5) is 4.39 Å². The van der Waals surface area contributed by atoms with Gasteiger partial charge >= 0.3 is 0 Å². The number of carbonyl (C=O) groups excluding carboxylic acids is 1. The number of ether oxygens (including phenoxy) is 2. The van der Waals surface area contributed by atoms with Crippen LogP contribution in [-0.2, 0) is 6.54 Å². The average Bonchev–Trinajstić information content (AvgIpc) is 3.20. The lowest BCUT2D eigenvalue weighted by molar-refractivity contribution is 0.0961. The van der Waals surface area contributed by atoms with Crippen molar-refractivity contribution in [3.63, 3.8) is 0 Å². The van der Waals surface area contributed by atoms with Gasteiger partial charge in [-0.3, -0.25) is 9.59 Å². The Morgan fingerprint density at radius 1 is 1.10 bits per heavy atom. The van der Waals surface area contributed by atoms with Gasteiger partial charge in [0.15, 0.2) is 11.4 Å². The number of benzene rings is 2. The number of aromatic nitrogens is 5. The molecule has 152 valence electrons. The van der Waals surface area contributed by atoms with Crippen LogP contribution >= 0.6 is 0 Å². The van der Waals surface area contributed by atoms with Crippen molar-refractivity contribution in [3.05, 3.63) is 70.4 Å². The van der Waals surface area contributed by atoms with Gasteiger partial charge in [-0.05, 0) is 42.5 Å². The molecule has 0 bridgehead atoms. The van der Waals surface area contributed by atoms with Crippen molar-refractivity contribution < 1.29 is 18.7 Å². The quantitative estimate of drug-likeness (QED) is 0.449. The summed E-state index contributed by atoms with van der Waals surface area (Å²) >= 11 is 0. The van der Waals surface area contributed by atoms with Gasteiger partial charge in [0.2, 0.25) is 0 Å². The van der Waals surface area contributed by atoms with Crippen molar-refractivity contribution in [2.45, 2.75) is 6.54 Å². The molecule has 0 atom stereocenters. The van der Waals surface area contributed by atoms with Crippen LogP contribution in [0.25, 0.3) is 16.7 Å². The van der Waals surface area contributed by atoms with Gasteiger partial charge in [-0.15, -0.1) is 5.10 Å². The molecule has 0 saturated heterocycles. The SMILES string of the molecule is COc1ccc(OC)c(C(=O)Cn2nnc3c(cnn3-c3ccc(F)cc3)c2=O)c1. The normalized spacial score (nSPS) is 10.9. The van der Waals surface area contributed by atoms with E-state index in [-0.39, 0.29) is 23.1 Å². The molecule has 4 aromatic rings. The minimum absolute atomic E-state index is 0.180. The van der Waals surface area contributed by atoms with E-state index in [1.165, 1.54) is 55.4 Å². The van der Waals surface area contributed by atoms with Crippen molar-refractivity contribution in [2.75, 3.05) is 14.2 Å². The van der Waals surface area contributed by atoms with Gasteiger partial charge < -0.3 is 9.47 Å². The summed E-state index contributed by atoms with van der Waals surface area (Å²) in [4.78, 5) is 25.6. The van der Waals surface area contributed by atoms with Crippen LogP contribution in [0.3, 0.4) is 0 Å². The van der Waals surface area contributed by atoms with E-state index in [4.69, 9.17) is 9.47 Å². The molecule has 0 amide bonds. The van der Waals surface area contributed by atoms with Crippen LogP contribution < -0.4 is 15.0 Å². The molecule has 0 aliphatic rings. The number of nitrogens with zero attached hydrogens (tertiary/aromatic N) is 5. The fourth-order valence-corrected chi connectivity index (χ4v) is 2.99. The number of hydrogen-bond acceptors (Lipinski definition) is 7. The van der Waals surface area contributed by atoms with Gasteiger partial charge in [-0.25, -0.2) is 13.8 Å². The van der Waals surface area contributed by atoms with Crippen molar-refractivity contribution in [1.82, 2.24) is 24.8 Å². The smallest absolute Gasteiger partial charge is 0.281 e. The van der Waals surface area contributed by atoms with Gasteiger partial charge in [0, 0.05) is 0 Å². The summed E-state index contributed by atoms with van der Waals surface area (Å²) in [6, 6.07) is 10.4. The number of Topliss-reactive ketones (excluding diaryl/α,β-unsaturated/α-hetero) is 1. The van der Waals surface area contributed by atoms with Crippen LogP contribution in [-0.4, -0.2) is 44.8 Å². The molecular formula is C20H16FN5O4. The lowest BCUT2D eigenvalue weighted by atomic mass is 10.1. The van der Waals surface area contributed by atoms with Crippen molar-refractivity contribution in [3.8, 4) is 17.2 Å². The highest BCUT2D eigenvalue weighted by atomic mass is 19.1. The van der Waals surface area contributed by atoms with Crippen LogP contribution in [0.1, 0.15) is 10.4 Å². The molecule has 2 heterocycles.